The maximum Gasteiger partial charge on any atom is 0.296 e. The van der Waals surface area contributed by atoms with Gasteiger partial charge in [-0.05, 0) is 37.8 Å². The van der Waals surface area contributed by atoms with Gasteiger partial charge in [-0.25, -0.2) is 14.6 Å². The molecule has 1 fully saturated rings. The van der Waals surface area contributed by atoms with Crippen molar-refractivity contribution >= 4 is 28.7 Å². The predicted molar refractivity (Wildman–Crippen MR) is 107 cm³/mol. The zero-order valence-corrected chi connectivity index (χ0v) is 15.7. The number of nitrogens with two attached hydrogens (primary N) is 2. The van der Waals surface area contributed by atoms with E-state index in [0.29, 0.717) is 28.1 Å². The number of anilines is 1. The molecule has 0 spiro atoms. The number of hydrogen-bond donors (Lipinski definition) is 3. The summed E-state index contributed by atoms with van der Waals surface area (Å²) in [5.74, 6) is 4.63. The molecule has 2 amide bonds. The Balaban J connectivity index is 1.66. The first kappa shape index (κ1) is 18.4. The first-order valence-corrected chi connectivity index (χ1v) is 9.10. The predicted octanol–water partition coefficient (Wildman–Crippen LogP) is 1.02. The number of nitrogens with one attached hydrogen (secondary N) is 1. The monoisotopic (exact) mass is 389 g/mol. The van der Waals surface area contributed by atoms with Gasteiger partial charge in [-0.2, -0.15) is 5.10 Å². The van der Waals surface area contributed by atoms with Crippen LogP contribution in [0, 0.1) is 11.8 Å². The maximum atomic E-state index is 11.6. The van der Waals surface area contributed by atoms with E-state index in [1.54, 1.807) is 31.2 Å². The highest BCUT2D eigenvalue weighted by Crippen LogP contribution is 2.38. The summed E-state index contributed by atoms with van der Waals surface area (Å²) in [6.07, 6.45) is 2.85. The molecule has 0 atom stereocenters. The summed E-state index contributed by atoms with van der Waals surface area (Å²) in [6.45, 7) is 1.63. The van der Waals surface area contributed by atoms with E-state index in [9.17, 15) is 9.59 Å². The quantitative estimate of drug-likeness (QED) is 0.569. The van der Waals surface area contributed by atoms with Crippen molar-refractivity contribution < 1.29 is 9.59 Å². The van der Waals surface area contributed by atoms with Gasteiger partial charge in [-0.3, -0.25) is 9.59 Å². The number of rotatable bonds is 4. The molecular formula is C20H19N7O2. The van der Waals surface area contributed by atoms with Gasteiger partial charge in [0.25, 0.3) is 5.91 Å². The lowest BCUT2D eigenvalue weighted by molar-refractivity contribution is -0.117. The number of primary amides is 1. The molecule has 3 aromatic rings. The third-order valence-electron chi connectivity index (χ3n) is 4.99. The van der Waals surface area contributed by atoms with Gasteiger partial charge < -0.3 is 16.8 Å². The molecule has 9 nitrogen and oxygen atoms in total. The Morgan fingerprint density at radius 2 is 1.93 bits per heavy atom. The number of carbonyl (C=O) groups is 2. The highest BCUT2D eigenvalue weighted by atomic mass is 16.1. The third-order valence-corrected chi connectivity index (χ3v) is 4.99. The van der Waals surface area contributed by atoms with E-state index in [1.165, 1.54) is 6.33 Å². The molecule has 146 valence electrons. The SMILES string of the molecule is CC#CC(=O)N[C@H]1C[C@@H](n2nc(-c3ccc(C(N)=O)cc3)c3c(N)ncnc32)C1. The normalized spacial score (nSPS) is 17.8. The minimum absolute atomic E-state index is 0.0464. The Morgan fingerprint density at radius 3 is 2.59 bits per heavy atom. The zero-order valence-electron chi connectivity index (χ0n) is 15.7. The first-order chi connectivity index (χ1) is 14.0. The number of benzene rings is 1. The summed E-state index contributed by atoms with van der Waals surface area (Å²) in [5, 5.41) is 8.28. The average Bonchev–Trinajstić information content (AvgIpc) is 3.05. The van der Waals surface area contributed by atoms with Crippen LogP contribution in [0.4, 0.5) is 5.82 Å². The number of nitrogens with zero attached hydrogens (tertiary/aromatic N) is 4. The number of fused-ring (bicyclic) bond motifs is 1. The van der Waals surface area contributed by atoms with Crippen molar-refractivity contribution in [2.24, 2.45) is 5.73 Å². The summed E-state index contributed by atoms with van der Waals surface area (Å²) in [5.41, 5.74) is 13.9. The van der Waals surface area contributed by atoms with Crippen LogP contribution in [-0.2, 0) is 4.79 Å². The number of aromatic nitrogens is 4. The summed E-state index contributed by atoms with van der Waals surface area (Å²) >= 11 is 0. The highest BCUT2D eigenvalue weighted by molar-refractivity contribution is 5.99. The van der Waals surface area contributed by atoms with E-state index in [0.717, 1.165) is 18.4 Å². The summed E-state index contributed by atoms with van der Waals surface area (Å²) in [6, 6.07) is 6.95. The van der Waals surface area contributed by atoms with E-state index in [4.69, 9.17) is 16.6 Å². The number of hydrogen-bond acceptors (Lipinski definition) is 6. The lowest BCUT2D eigenvalue weighted by Gasteiger charge is -2.35. The molecule has 0 aliphatic heterocycles. The molecule has 29 heavy (non-hydrogen) atoms. The van der Waals surface area contributed by atoms with Gasteiger partial charge in [0.2, 0.25) is 5.91 Å². The van der Waals surface area contributed by atoms with Crippen LogP contribution in [-0.4, -0.2) is 37.6 Å². The fourth-order valence-electron chi connectivity index (χ4n) is 3.48. The Morgan fingerprint density at radius 1 is 1.21 bits per heavy atom. The van der Waals surface area contributed by atoms with Gasteiger partial charge in [-0.1, -0.05) is 18.1 Å². The van der Waals surface area contributed by atoms with Crippen molar-refractivity contribution in [3.63, 3.8) is 0 Å². The Kier molecular flexibility index (Phi) is 4.60. The Labute approximate surface area is 166 Å². The van der Waals surface area contributed by atoms with Crippen LogP contribution in [0.25, 0.3) is 22.3 Å². The van der Waals surface area contributed by atoms with Crippen molar-refractivity contribution in [1.29, 1.82) is 0 Å². The van der Waals surface area contributed by atoms with Crippen molar-refractivity contribution in [1.82, 2.24) is 25.1 Å². The van der Waals surface area contributed by atoms with Crippen LogP contribution in [0.2, 0.25) is 0 Å². The van der Waals surface area contributed by atoms with Crippen molar-refractivity contribution in [3.05, 3.63) is 36.2 Å². The molecule has 4 rings (SSSR count). The number of carbonyl (C=O) groups excluding carboxylic acids is 2. The van der Waals surface area contributed by atoms with E-state index in [-0.39, 0.29) is 18.0 Å². The highest BCUT2D eigenvalue weighted by Gasteiger charge is 2.34. The molecular weight excluding hydrogens is 370 g/mol. The zero-order chi connectivity index (χ0) is 20.5. The molecule has 2 heterocycles. The Bertz CT molecular complexity index is 1170. The van der Waals surface area contributed by atoms with E-state index >= 15 is 0 Å². The summed E-state index contributed by atoms with van der Waals surface area (Å²) < 4.78 is 1.83. The van der Waals surface area contributed by atoms with Crippen LogP contribution in [0.5, 0.6) is 0 Å². The third kappa shape index (κ3) is 3.36. The first-order valence-electron chi connectivity index (χ1n) is 9.10. The number of amides is 2. The standard InChI is InChI=1S/C20H19N7O2/c1-2-3-15(28)25-13-8-14(9-13)27-20-16(18(21)23-10-24-20)17(26-27)11-4-6-12(7-5-11)19(22)29/h4-7,10,13-14H,8-9H2,1H3,(H2,22,29)(H,25,28)(H2,21,23,24)/t13-,14+. The topological polar surface area (TPSA) is 142 Å². The van der Waals surface area contributed by atoms with Crippen molar-refractivity contribution in [2.45, 2.75) is 31.8 Å². The molecule has 1 aliphatic carbocycles. The van der Waals surface area contributed by atoms with Gasteiger partial charge in [0.05, 0.1) is 11.4 Å². The molecule has 9 heteroatoms. The van der Waals surface area contributed by atoms with Gasteiger partial charge >= 0.3 is 0 Å². The van der Waals surface area contributed by atoms with Gasteiger partial charge in [0, 0.05) is 17.2 Å². The second-order valence-corrected chi connectivity index (χ2v) is 6.86. The average molecular weight is 389 g/mol. The van der Waals surface area contributed by atoms with E-state index < -0.39 is 5.91 Å². The molecule has 1 aliphatic rings. The molecule has 1 saturated carbocycles. The lowest BCUT2D eigenvalue weighted by atomic mass is 9.87. The van der Waals surface area contributed by atoms with Gasteiger partial charge in [0.15, 0.2) is 5.65 Å². The van der Waals surface area contributed by atoms with E-state index in [2.05, 4.69) is 27.1 Å². The van der Waals surface area contributed by atoms with Crippen LogP contribution in [0.15, 0.2) is 30.6 Å². The summed E-state index contributed by atoms with van der Waals surface area (Å²) in [4.78, 5) is 31.4. The fraction of sp³-hybridized carbons (Fsp3) is 0.250. The van der Waals surface area contributed by atoms with Crippen molar-refractivity contribution in [2.75, 3.05) is 5.73 Å². The maximum absolute atomic E-state index is 11.6. The van der Waals surface area contributed by atoms with Gasteiger partial charge in [0.1, 0.15) is 17.8 Å². The molecule has 0 saturated heterocycles. The lowest BCUT2D eigenvalue weighted by Crippen LogP contribution is -2.44. The number of nitrogen functional groups attached to an aromatic ring is 1. The summed E-state index contributed by atoms with van der Waals surface area (Å²) in [7, 11) is 0. The molecule has 0 bridgehead atoms. The molecule has 2 aromatic heterocycles. The second-order valence-electron chi connectivity index (χ2n) is 6.86. The molecule has 0 radical (unpaired) electrons. The van der Waals surface area contributed by atoms with Crippen LogP contribution < -0.4 is 16.8 Å². The smallest absolute Gasteiger partial charge is 0.296 e. The van der Waals surface area contributed by atoms with E-state index in [1.807, 2.05) is 4.68 Å². The Hall–Kier alpha value is -3.93. The van der Waals surface area contributed by atoms with Crippen LogP contribution >= 0.6 is 0 Å². The molecule has 5 N–H and O–H groups in total. The molecule has 0 unspecified atom stereocenters. The van der Waals surface area contributed by atoms with Gasteiger partial charge in [-0.15, -0.1) is 0 Å². The second kappa shape index (κ2) is 7.24. The van der Waals surface area contributed by atoms with Crippen molar-refractivity contribution in [3.8, 4) is 23.1 Å². The minimum Gasteiger partial charge on any atom is -0.383 e. The van der Waals surface area contributed by atoms with Crippen LogP contribution in [0.1, 0.15) is 36.2 Å². The van der Waals surface area contributed by atoms with Crippen LogP contribution in [0.3, 0.4) is 0 Å². The molecule has 1 aromatic carbocycles. The fourth-order valence-corrected chi connectivity index (χ4v) is 3.48. The minimum atomic E-state index is -0.495. The largest absolute Gasteiger partial charge is 0.383 e.